The molecule has 0 saturated heterocycles. The number of nitrogens with zero attached hydrogens (tertiary/aromatic N) is 3. The first-order valence-corrected chi connectivity index (χ1v) is 9.56. The molecule has 0 fully saturated rings. The van der Waals surface area contributed by atoms with Crippen molar-refractivity contribution in [2.24, 2.45) is 0 Å². The van der Waals surface area contributed by atoms with Crippen molar-refractivity contribution in [1.29, 1.82) is 0 Å². The van der Waals surface area contributed by atoms with Crippen molar-refractivity contribution < 1.29 is 13.9 Å². The maximum atomic E-state index is 12.9. The fourth-order valence-electron chi connectivity index (χ4n) is 3.66. The Morgan fingerprint density at radius 3 is 3.00 bits per heavy atom. The summed E-state index contributed by atoms with van der Waals surface area (Å²) in [4.78, 5) is 30.6. The molecule has 28 heavy (non-hydrogen) atoms. The molecule has 3 heterocycles. The lowest BCUT2D eigenvalue weighted by atomic mass is 10.1. The quantitative estimate of drug-likeness (QED) is 0.650. The lowest BCUT2D eigenvalue weighted by molar-refractivity contribution is -0.138. The lowest BCUT2D eigenvalue weighted by Gasteiger charge is -2.24. The molecule has 4 rings (SSSR count). The Morgan fingerprint density at radius 1 is 1.32 bits per heavy atom. The number of carbonyl (C=O) groups is 1. The maximum absolute atomic E-state index is 12.9. The lowest BCUT2D eigenvalue weighted by Crippen LogP contribution is -2.40. The van der Waals surface area contributed by atoms with E-state index < -0.39 is 6.10 Å². The Bertz CT molecular complexity index is 1070. The standard InChI is InChI=1S/C21H23N3O4/c1-3-15-9-20(25)28-19-10-17(5-6-18(15)19)27-14(2)21(26)23-7-4-8-24-13-22-11-16(24)12-23/h5-6,9-11,13-14H,3-4,7-8,12H2,1-2H3/t14-/m0/s1. The average molecular weight is 381 g/mol. The molecule has 0 radical (unpaired) electrons. The molecule has 1 aromatic carbocycles. The second-order valence-electron chi connectivity index (χ2n) is 7.05. The number of rotatable bonds is 4. The van der Waals surface area contributed by atoms with Crippen molar-refractivity contribution >= 4 is 16.9 Å². The molecule has 1 aliphatic rings. The van der Waals surface area contributed by atoms with E-state index in [1.165, 1.54) is 6.07 Å². The van der Waals surface area contributed by atoms with Gasteiger partial charge in [0.15, 0.2) is 6.10 Å². The van der Waals surface area contributed by atoms with Crippen LogP contribution in [0.5, 0.6) is 5.75 Å². The molecule has 1 aliphatic heterocycles. The highest BCUT2D eigenvalue weighted by molar-refractivity contribution is 5.83. The number of benzene rings is 1. The predicted octanol–water partition coefficient (Wildman–Crippen LogP) is 2.75. The highest BCUT2D eigenvalue weighted by Crippen LogP contribution is 2.24. The molecular formula is C21H23N3O4. The van der Waals surface area contributed by atoms with Gasteiger partial charge in [0.2, 0.25) is 0 Å². The molecular weight excluding hydrogens is 358 g/mol. The summed E-state index contributed by atoms with van der Waals surface area (Å²) in [6, 6.07) is 6.87. The van der Waals surface area contributed by atoms with Gasteiger partial charge in [-0.05, 0) is 37.5 Å². The van der Waals surface area contributed by atoms with Crippen molar-refractivity contribution in [3.8, 4) is 5.75 Å². The van der Waals surface area contributed by atoms with Crippen molar-refractivity contribution in [2.75, 3.05) is 6.54 Å². The van der Waals surface area contributed by atoms with E-state index in [1.54, 1.807) is 25.5 Å². The van der Waals surface area contributed by atoms with E-state index in [0.717, 1.165) is 36.0 Å². The van der Waals surface area contributed by atoms with Crippen LogP contribution in [0.3, 0.4) is 0 Å². The van der Waals surface area contributed by atoms with Gasteiger partial charge < -0.3 is 18.6 Å². The van der Waals surface area contributed by atoms with Crippen molar-refractivity contribution in [1.82, 2.24) is 14.5 Å². The van der Waals surface area contributed by atoms with Crippen molar-refractivity contribution in [3.63, 3.8) is 0 Å². The number of fused-ring (bicyclic) bond motifs is 2. The second kappa shape index (κ2) is 7.50. The summed E-state index contributed by atoms with van der Waals surface area (Å²) in [7, 11) is 0. The molecule has 7 heteroatoms. The SMILES string of the molecule is CCc1cc(=O)oc2cc(O[C@@H](C)C(=O)N3CCCn4cncc4C3)ccc12. The van der Waals surface area contributed by atoms with Crippen LogP contribution in [0.2, 0.25) is 0 Å². The summed E-state index contributed by atoms with van der Waals surface area (Å²) in [6.45, 7) is 5.80. The van der Waals surface area contributed by atoms with Gasteiger partial charge in [-0.2, -0.15) is 0 Å². The Kier molecular flexibility index (Phi) is 4.90. The molecule has 2 aromatic heterocycles. The Balaban J connectivity index is 1.52. The fraction of sp³-hybridized carbons (Fsp3) is 0.381. The summed E-state index contributed by atoms with van der Waals surface area (Å²) in [5.74, 6) is 0.433. The van der Waals surface area contributed by atoms with Crippen LogP contribution in [-0.2, 0) is 24.3 Å². The zero-order valence-corrected chi connectivity index (χ0v) is 16.1. The van der Waals surface area contributed by atoms with Crippen LogP contribution in [-0.4, -0.2) is 33.0 Å². The van der Waals surface area contributed by atoms with E-state index in [2.05, 4.69) is 9.55 Å². The minimum absolute atomic E-state index is 0.0708. The Labute approximate surface area is 162 Å². The van der Waals surface area contributed by atoms with Crippen LogP contribution in [0.4, 0.5) is 0 Å². The third-order valence-electron chi connectivity index (χ3n) is 5.13. The molecule has 0 spiro atoms. The minimum Gasteiger partial charge on any atom is -0.481 e. The zero-order chi connectivity index (χ0) is 19.7. The van der Waals surface area contributed by atoms with Crippen LogP contribution < -0.4 is 10.4 Å². The van der Waals surface area contributed by atoms with Gasteiger partial charge in [-0.1, -0.05) is 6.92 Å². The first kappa shape index (κ1) is 18.3. The monoisotopic (exact) mass is 381 g/mol. The predicted molar refractivity (Wildman–Crippen MR) is 104 cm³/mol. The number of ether oxygens (including phenoxy) is 1. The van der Waals surface area contributed by atoms with Crippen LogP contribution >= 0.6 is 0 Å². The molecule has 0 saturated carbocycles. The van der Waals surface area contributed by atoms with Crippen molar-refractivity contribution in [2.45, 2.75) is 45.9 Å². The summed E-state index contributed by atoms with van der Waals surface area (Å²) in [6.07, 6.45) is 4.57. The highest BCUT2D eigenvalue weighted by atomic mass is 16.5. The summed E-state index contributed by atoms with van der Waals surface area (Å²) in [5.41, 5.74) is 2.05. The topological polar surface area (TPSA) is 77.6 Å². The third kappa shape index (κ3) is 3.52. The van der Waals surface area contributed by atoms with Crippen LogP contribution in [0.25, 0.3) is 11.0 Å². The van der Waals surface area contributed by atoms with E-state index in [1.807, 2.05) is 24.0 Å². The van der Waals surface area contributed by atoms with Gasteiger partial charge >= 0.3 is 5.63 Å². The third-order valence-corrected chi connectivity index (χ3v) is 5.13. The molecule has 146 valence electrons. The highest BCUT2D eigenvalue weighted by Gasteiger charge is 2.25. The smallest absolute Gasteiger partial charge is 0.336 e. The summed E-state index contributed by atoms with van der Waals surface area (Å²) in [5, 5.41) is 0.884. The van der Waals surface area contributed by atoms with E-state index in [4.69, 9.17) is 9.15 Å². The molecule has 3 aromatic rings. The minimum atomic E-state index is -0.645. The van der Waals surface area contributed by atoms with Gasteiger partial charge in [-0.3, -0.25) is 4.79 Å². The summed E-state index contributed by atoms with van der Waals surface area (Å²) < 4.78 is 13.3. The maximum Gasteiger partial charge on any atom is 0.336 e. The number of carbonyl (C=O) groups excluding carboxylic acids is 1. The molecule has 0 unspecified atom stereocenters. The van der Waals surface area contributed by atoms with Crippen LogP contribution in [0.1, 0.15) is 31.5 Å². The van der Waals surface area contributed by atoms with Gasteiger partial charge in [0.1, 0.15) is 11.3 Å². The van der Waals surface area contributed by atoms with E-state index in [-0.39, 0.29) is 11.5 Å². The Hall–Kier alpha value is -3.09. The van der Waals surface area contributed by atoms with Crippen LogP contribution in [0, 0.1) is 0 Å². The molecule has 1 atom stereocenters. The number of amides is 1. The first-order chi connectivity index (χ1) is 13.5. The summed E-state index contributed by atoms with van der Waals surface area (Å²) >= 11 is 0. The van der Waals surface area contributed by atoms with Gasteiger partial charge in [-0.15, -0.1) is 0 Å². The van der Waals surface area contributed by atoms with Gasteiger partial charge in [0, 0.05) is 36.8 Å². The normalized spacial score (nSPS) is 15.1. The first-order valence-electron chi connectivity index (χ1n) is 9.56. The molecule has 0 N–H and O–H groups in total. The van der Waals surface area contributed by atoms with Crippen LogP contribution in [0.15, 0.2) is 46.0 Å². The zero-order valence-electron chi connectivity index (χ0n) is 16.1. The Morgan fingerprint density at radius 2 is 2.18 bits per heavy atom. The van der Waals surface area contributed by atoms with Gasteiger partial charge in [-0.25, -0.2) is 9.78 Å². The number of aromatic nitrogens is 2. The fourth-order valence-corrected chi connectivity index (χ4v) is 3.66. The molecule has 1 amide bonds. The number of hydrogen-bond donors (Lipinski definition) is 0. The van der Waals surface area contributed by atoms with E-state index in [0.29, 0.717) is 24.4 Å². The number of imidazole rings is 1. The number of hydrogen-bond acceptors (Lipinski definition) is 5. The molecule has 0 aliphatic carbocycles. The molecule has 7 nitrogen and oxygen atoms in total. The van der Waals surface area contributed by atoms with E-state index >= 15 is 0 Å². The second-order valence-corrected chi connectivity index (χ2v) is 7.05. The largest absolute Gasteiger partial charge is 0.481 e. The van der Waals surface area contributed by atoms with Gasteiger partial charge in [0.05, 0.1) is 18.6 Å². The van der Waals surface area contributed by atoms with Crippen molar-refractivity contribution in [3.05, 3.63) is 58.5 Å². The number of aryl methyl sites for hydroxylation is 2. The van der Waals surface area contributed by atoms with Gasteiger partial charge in [0.25, 0.3) is 5.91 Å². The average Bonchev–Trinajstić information content (AvgIpc) is 3.03. The van der Waals surface area contributed by atoms with E-state index in [9.17, 15) is 9.59 Å². The molecule has 0 bridgehead atoms.